The molecule has 0 radical (unpaired) electrons. The van der Waals surface area contributed by atoms with Gasteiger partial charge in [-0.2, -0.15) is 0 Å². The summed E-state index contributed by atoms with van der Waals surface area (Å²) < 4.78 is 0.649. The lowest BCUT2D eigenvalue weighted by Crippen LogP contribution is -2.68. The van der Waals surface area contributed by atoms with Crippen LogP contribution in [-0.4, -0.2) is 79.7 Å². The Morgan fingerprint density at radius 1 is 1.18 bits per heavy atom. The normalized spacial score (nSPS) is 33.7. The summed E-state index contributed by atoms with van der Waals surface area (Å²) in [5.74, 6) is -8.89. The van der Waals surface area contributed by atoms with Gasteiger partial charge in [0.15, 0.2) is 11.4 Å². The number of ketones is 2. The number of aliphatic hydroxyl groups excluding tert-OH is 3. The van der Waals surface area contributed by atoms with Crippen molar-refractivity contribution >= 4 is 40.1 Å². The van der Waals surface area contributed by atoms with Crippen LogP contribution in [0.25, 0.3) is 0 Å². The Bertz CT molecular complexity index is 1190. The molecule has 11 heteroatoms. The third-order valence-electron chi connectivity index (χ3n) is 7.06. The van der Waals surface area contributed by atoms with Gasteiger partial charge in [0.1, 0.15) is 22.8 Å². The minimum absolute atomic E-state index is 0.0950. The molecule has 1 aromatic carbocycles. The first-order valence-corrected chi connectivity index (χ1v) is 11.2. The summed E-state index contributed by atoms with van der Waals surface area (Å²) >= 11 is 2.00. The van der Waals surface area contributed by atoms with Crippen LogP contribution in [0.2, 0.25) is 0 Å². The quantitative estimate of drug-likeness (QED) is 0.215. The average Bonchev–Trinajstić information content (AvgIpc) is 2.72. The standard InChI is InChI=1S/C22H23IN2O8/c1-6-9-7(23)4-5-8(26)11(9)16(27)12-10(6)17(28)14-15(25(2)3)18(29)13(21(24)32)20(31)22(14,33)19(12)30/h4-6,10,14-15,17,26,28-30,33H,1-3H3,(H2,24,32)/t6-,10?,14?,15-,17-,22-/m0/s1. The second-order valence-corrected chi connectivity index (χ2v) is 10.1. The predicted molar refractivity (Wildman–Crippen MR) is 122 cm³/mol. The number of amides is 1. The zero-order valence-corrected chi connectivity index (χ0v) is 20.1. The Morgan fingerprint density at radius 3 is 2.33 bits per heavy atom. The highest BCUT2D eigenvalue weighted by atomic mass is 127. The first-order valence-electron chi connectivity index (χ1n) is 10.1. The van der Waals surface area contributed by atoms with E-state index in [1.165, 1.54) is 25.1 Å². The molecule has 3 aliphatic rings. The van der Waals surface area contributed by atoms with E-state index < -0.39 is 75.6 Å². The lowest BCUT2D eigenvalue weighted by molar-refractivity contribution is -0.162. The van der Waals surface area contributed by atoms with E-state index >= 15 is 0 Å². The van der Waals surface area contributed by atoms with Crippen LogP contribution in [0.5, 0.6) is 5.75 Å². The summed E-state index contributed by atoms with van der Waals surface area (Å²) in [6.07, 6.45) is -1.60. The third-order valence-corrected chi connectivity index (χ3v) is 8.00. The number of hydrogen-bond acceptors (Lipinski definition) is 9. The maximum Gasteiger partial charge on any atom is 0.255 e. The van der Waals surface area contributed by atoms with Gasteiger partial charge in [-0.05, 0) is 60.3 Å². The van der Waals surface area contributed by atoms with Crippen LogP contribution >= 0.6 is 22.6 Å². The summed E-state index contributed by atoms with van der Waals surface area (Å²) in [5.41, 5.74) is 1.41. The molecule has 0 aliphatic heterocycles. The number of primary amides is 1. The maximum atomic E-state index is 13.5. The summed E-state index contributed by atoms with van der Waals surface area (Å²) in [5, 5.41) is 55.4. The molecule has 3 aliphatic carbocycles. The summed E-state index contributed by atoms with van der Waals surface area (Å²) in [4.78, 5) is 40.1. The molecule has 0 saturated heterocycles. The van der Waals surface area contributed by atoms with Gasteiger partial charge in [-0.25, -0.2) is 0 Å². The molecule has 2 unspecified atom stereocenters. The molecule has 6 atom stereocenters. The fourth-order valence-corrected chi connectivity index (χ4v) is 6.59. The molecule has 33 heavy (non-hydrogen) atoms. The molecule has 1 amide bonds. The Morgan fingerprint density at radius 2 is 1.79 bits per heavy atom. The van der Waals surface area contributed by atoms with E-state index in [4.69, 9.17) is 5.73 Å². The average molecular weight is 570 g/mol. The molecule has 0 saturated carbocycles. The van der Waals surface area contributed by atoms with Gasteiger partial charge in [-0.1, -0.05) is 6.92 Å². The van der Waals surface area contributed by atoms with E-state index in [1.807, 2.05) is 22.6 Å². The van der Waals surface area contributed by atoms with Gasteiger partial charge >= 0.3 is 0 Å². The first kappa shape index (κ1) is 23.7. The number of nitrogens with two attached hydrogens (primary N) is 1. The number of hydrogen-bond donors (Lipinski definition) is 6. The second kappa shape index (κ2) is 7.52. The van der Waals surface area contributed by atoms with Crippen LogP contribution in [0, 0.1) is 15.4 Å². The number of phenols is 1. The van der Waals surface area contributed by atoms with E-state index in [1.54, 1.807) is 13.0 Å². The molecule has 7 N–H and O–H groups in total. The number of halogens is 1. The summed E-state index contributed by atoms with van der Waals surface area (Å²) in [6.45, 7) is 1.69. The van der Waals surface area contributed by atoms with Crippen LogP contribution < -0.4 is 5.73 Å². The van der Waals surface area contributed by atoms with Crippen LogP contribution in [0.1, 0.15) is 28.8 Å². The van der Waals surface area contributed by atoms with E-state index in [2.05, 4.69) is 0 Å². The van der Waals surface area contributed by atoms with Crippen molar-refractivity contribution in [3.05, 3.63) is 49.5 Å². The lowest BCUT2D eigenvalue weighted by atomic mass is 9.55. The van der Waals surface area contributed by atoms with Gasteiger partial charge in [-0.3, -0.25) is 19.3 Å². The van der Waals surface area contributed by atoms with Crippen LogP contribution in [-0.2, 0) is 9.59 Å². The maximum absolute atomic E-state index is 13.5. The second-order valence-electron chi connectivity index (χ2n) is 8.91. The fraction of sp³-hybridized carbons (Fsp3) is 0.409. The molecule has 10 nitrogen and oxygen atoms in total. The van der Waals surface area contributed by atoms with Gasteiger partial charge in [0.05, 0.1) is 23.6 Å². The number of carbonyl (C=O) groups excluding carboxylic acids is 3. The van der Waals surface area contributed by atoms with Crippen molar-refractivity contribution in [1.29, 1.82) is 0 Å². The summed E-state index contributed by atoms with van der Waals surface area (Å²) in [7, 11) is 2.98. The number of fused-ring (bicyclic) bond motifs is 3. The Labute approximate surface area is 202 Å². The van der Waals surface area contributed by atoms with Crippen LogP contribution in [0.4, 0.5) is 0 Å². The van der Waals surface area contributed by atoms with Gasteiger partial charge in [0.25, 0.3) is 5.91 Å². The third kappa shape index (κ3) is 2.85. The molecule has 4 rings (SSSR count). The summed E-state index contributed by atoms with van der Waals surface area (Å²) in [6, 6.07) is 1.65. The highest BCUT2D eigenvalue weighted by Crippen LogP contribution is 2.55. The molecule has 0 aromatic heterocycles. The number of aromatic hydroxyl groups is 1. The SMILES string of the molecule is C[C@H]1c2c(I)ccc(O)c2C(=O)C2=C(O)[C@]3(O)C(=O)C(C(N)=O)=C(O)[C@@H](N(C)C)C3[C@@H](O)C21. The number of Topliss-reactive ketones (excluding diaryl/α,β-unsaturated/α-hetero) is 2. The van der Waals surface area contributed by atoms with E-state index in [0.717, 1.165) is 0 Å². The molecule has 0 fully saturated rings. The predicted octanol–water partition coefficient (Wildman–Crippen LogP) is 0.257. The Balaban J connectivity index is 2.08. The Kier molecular flexibility index (Phi) is 5.39. The number of aliphatic hydroxyl groups is 4. The van der Waals surface area contributed by atoms with Gasteiger partial charge in [-0.15, -0.1) is 0 Å². The lowest BCUT2D eigenvalue weighted by Gasteiger charge is -2.53. The Hall–Kier alpha value is -2.48. The zero-order valence-electron chi connectivity index (χ0n) is 17.9. The zero-order chi connectivity index (χ0) is 24.7. The number of nitrogens with zero attached hydrogens (tertiary/aromatic N) is 1. The molecule has 0 spiro atoms. The number of benzene rings is 1. The van der Waals surface area contributed by atoms with E-state index in [0.29, 0.717) is 9.13 Å². The van der Waals surface area contributed by atoms with Gasteiger partial charge < -0.3 is 31.3 Å². The van der Waals surface area contributed by atoms with Crippen LogP contribution in [0.15, 0.2) is 34.8 Å². The monoisotopic (exact) mass is 570 g/mol. The molecule has 1 aromatic rings. The van der Waals surface area contributed by atoms with Crippen molar-refractivity contribution in [2.75, 3.05) is 14.1 Å². The molecule has 0 bridgehead atoms. The molecular weight excluding hydrogens is 547 g/mol. The highest BCUT2D eigenvalue weighted by molar-refractivity contribution is 14.1. The minimum atomic E-state index is -2.90. The van der Waals surface area contributed by atoms with E-state index in [9.17, 15) is 39.9 Å². The van der Waals surface area contributed by atoms with Crippen molar-refractivity contribution in [2.24, 2.45) is 17.6 Å². The molecule has 0 heterocycles. The van der Waals surface area contributed by atoms with Gasteiger partial charge in [0, 0.05) is 15.1 Å². The van der Waals surface area contributed by atoms with Crippen molar-refractivity contribution in [2.45, 2.75) is 30.6 Å². The highest BCUT2D eigenvalue weighted by Gasteiger charge is 2.67. The topological polar surface area (TPSA) is 182 Å². The first-order chi connectivity index (χ1) is 15.3. The number of likely N-dealkylation sites (N-methyl/N-ethyl adjacent to an activating group) is 1. The van der Waals surface area contributed by atoms with Crippen molar-refractivity contribution in [3.8, 4) is 5.75 Å². The van der Waals surface area contributed by atoms with Crippen molar-refractivity contribution in [3.63, 3.8) is 0 Å². The molecule has 176 valence electrons. The van der Waals surface area contributed by atoms with Crippen molar-refractivity contribution < 1.29 is 39.9 Å². The van der Waals surface area contributed by atoms with Crippen molar-refractivity contribution in [1.82, 2.24) is 4.90 Å². The fourth-order valence-electron chi connectivity index (χ4n) is 5.65. The molecular formula is C22H23IN2O8. The largest absolute Gasteiger partial charge is 0.510 e. The van der Waals surface area contributed by atoms with Gasteiger partial charge in [0.2, 0.25) is 5.78 Å². The number of carbonyl (C=O) groups is 3. The minimum Gasteiger partial charge on any atom is -0.510 e. The van der Waals surface area contributed by atoms with Crippen LogP contribution in [0.3, 0.4) is 0 Å². The number of rotatable bonds is 2. The smallest absolute Gasteiger partial charge is 0.255 e. The number of phenolic OH excluding ortho intramolecular Hbond substituents is 1. The van der Waals surface area contributed by atoms with E-state index in [-0.39, 0.29) is 11.3 Å².